The lowest BCUT2D eigenvalue weighted by molar-refractivity contribution is -0.157. The minimum Gasteiger partial charge on any atom is -0.481 e. The van der Waals surface area contributed by atoms with Crippen molar-refractivity contribution < 1.29 is 23.8 Å². The van der Waals surface area contributed by atoms with E-state index in [1.54, 1.807) is 0 Å². The molecule has 112 valence electrons. The third-order valence-corrected chi connectivity index (χ3v) is 4.37. The van der Waals surface area contributed by atoms with Crippen LogP contribution in [0, 0.1) is 17.2 Å². The van der Waals surface area contributed by atoms with Crippen LogP contribution in [0.1, 0.15) is 16.9 Å². The van der Waals surface area contributed by atoms with Crippen molar-refractivity contribution in [3.63, 3.8) is 0 Å². The summed E-state index contributed by atoms with van der Waals surface area (Å²) in [7, 11) is 0. The zero-order chi connectivity index (χ0) is 15.0. The molecule has 2 saturated heterocycles. The largest absolute Gasteiger partial charge is 0.481 e. The number of amides is 1. The van der Waals surface area contributed by atoms with Crippen molar-refractivity contribution in [3.8, 4) is 0 Å². The average molecular weight is 294 g/mol. The van der Waals surface area contributed by atoms with Crippen molar-refractivity contribution in [2.75, 3.05) is 26.3 Å². The van der Waals surface area contributed by atoms with Gasteiger partial charge < -0.3 is 14.7 Å². The van der Waals surface area contributed by atoms with E-state index in [0.717, 1.165) is 6.20 Å². The number of aromatic nitrogens is 1. The Kier molecular flexibility index (Phi) is 3.36. The Bertz CT molecular complexity index is 577. The first-order valence-electron chi connectivity index (χ1n) is 6.75. The Morgan fingerprint density at radius 3 is 2.90 bits per heavy atom. The highest BCUT2D eigenvalue weighted by Crippen LogP contribution is 2.42. The second-order valence-corrected chi connectivity index (χ2v) is 5.53. The first kappa shape index (κ1) is 13.9. The van der Waals surface area contributed by atoms with Gasteiger partial charge in [-0.1, -0.05) is 0 Å². The maximum absolute atomic E-state index is 12.9. The van der Waals surface area contributed by atoms with Gasteiger partial charge in [0, 0.05) is 25.6 Å². The summed E-state index contributed by atoms with van der Waals surface area (Å²) in [5.41, 5.74) is -0.815. The number of likely N-dealkylation sites (tertiary alicyclic amines) is 1. The second kappa shape index (κ2) is 5.07. The molecule has 0 spiro atoms. The Balaban J connectivity index is 1.83. The molecule has 0 aromatic carbocycles. The fraction of sp³-hybridized carbons (Fsp3) is 0.500. The number of fused-ring (bicyclic) bond motifs is 1. The van der Waals surface area contributed by atoms with Crippen LogP contribution in [-0.4, -0.2) is 53.2 Å². The summed E-state index contributed by atoms with van der Waals surface area (Å²) >= 11 is 0. The number of hydrogen-bond acceptors (Lipinski definition) is 4. The summed E-state index contributed by atoms with van der Waals surface area (Å²) in [6, 6.07) is 2.48. The van der Waals surface area contributed by atoms with E-state index in [4.69, 9.17) is 4.74 Å². The molecule has 2 atom stereocenters. The van der Waals surface area contributed by atoms with Crippen LogP contribution >= 0.6 is 0 Å². The van der Waals surface area contributed by atoms with Crippen molar-refractivity contribution in [1.82, 2.24) is 9.88 Å². The lowest BCUT2D eigenvalue weighted by atomic mass is 9.74. The number of hydrogen-bond donors (Lipinski definition) is 1. The van der Waals surface area contributed by atoms with Crippen LogP contribution in [-0.2, 0) is 9.53 Å². The summed E-state index contributed by atoms with van der Waals surface area (Å²) < 4.78 is 18.2. The molecular formula is C14H15FN2O4. The zero-order valence-corrected chi connectivity index (χ0v) is 11.3. The summed E-state index contributed by atoms with van der Waals surface area (Å²) in [5.74, 6) is -1.99. The monoisotopic (exact) mass is 294 g/mol. The van der Waals surface area contributed by atoms with Gasteiger partial charge in [-0.15, -0.1) is 0 Å². The van der Waals surface area contributed by atoms with E-state index in [0.29, 0.717) is 26.2 Å². The van der Waals surface area contributed by atoms with Gasteiger partial charge in [-0.25, -0.2) is 9.37 Å². The van der Waals surface area contributed by atoms with Gasteiger partial charge in [-0.2, -0.15) is 0 Å². The molecule has 0 bridgehead atoms. The first-order chi connectivity index (χ1) is 10.0. The van der Waals surface area contributed by atoms with Gasteiger partial charge in [0.2, 0.25) is 0 Å². The molecule has 2 aliphatic rings. The third-order valence-electron chi connectivity index (χ3n) is 4.37. The zero-order valence-electron chi connectivity index (χ0n) is 11.3. The number of rotatable bonds is 2. The molecule has 0 unspecified atom stereocenters. The third kappa shape index (κ3) is 2.27. The summed E-state index contributed by atoms with van der Waals surface area (Å²) in [4.78, 5) is 29.3. The Morgan fingerprint density at radius 2 is 2.29 bits per heavy atom. The lowest BCUT2D eigenvalue weighted by Crippen LogP contribution is -2.45. The highest BCUT2D eigenvalue weighted by atomic mass is 19.1. The molecule has 3 heterocycles. The topological polar surface area (TPSA) is 79.7 Å². The number of carboxylic acids is 1. The van der Waals surface area contributed by atoms with Gasteiger partial charge in [0.15, 0.2) is 0 Å². The smallest absolute Gasteiger partial charge is 0.311 e. The molecule has 0 radical (unpaired) electrons. The predicted molar refractivity (Wildman–Crippen MR) is 69.1 cm³/mol. The van der Waals surface area contributed by atoms with Crippen molar-refractivity contribution >= 4 is 11.9 Å². The highest BCUT2D eigenvalue weighted by Gasteiger charge is 2.55. The van der Waals surface area contributed by atoms with Crippen molar-refractivity contribution in [1.29, 1.82) is 0 Å². The van der Waals surface area contributed by atoms with Crippen LogP contribution in [0.25, 0.3) is 0 Å². The van der Waals surface area contributed by atoms with Gasteiger partial charge in [-0.05, 0) is 18.6 Å². The molecule has 7 heteroatoms. The molecule has 6 nitrogen and oxygen atoms in total. The summed E-state index contributed by atoms with van der Waals surface area (Å²) in [6.07, 6.45) is 1.38. The standard InChI is InChI=1S/C14H15FN2O4/c15-10-1-2-11(16-5-10)12(18)17-6-9-7-21-4-3-14(9,8-17)13(19)20/h1-2,5,9H,3-4,6-8H2,(H,19,20)/t9-,14+/m0/s1. The lowest BCUT2D eigenvalue weighted by Gasteiger charge is -2.33. The van der Waals surface area contributed by atoms with E-state index in [-0.39, 0.29) is 24.1 Å². The maximum Gasteiger partial charge on any atom is 0.311 e. The first-order valence-corrected chi connectivity index (χ1v) is 6.75. The van der Waals surface area contributed by atoms with Crippen LogP contribution in [0.4, 0.5) is 4.39 Å². The SMILES string of the molecule is O=C(c1ccc(F)cn1)N1C[C@H]2COCC[C@@]2(C(=O)O)C1. The van der Waals surface area contributed by atoms with Crippen LogP contribution in [0.3, 0.4) is 0 Å². The van der Waals surface area contributed by atoms with E-state index >= 15 is 0 Å². The van der Waals surface area contributed by atoms with Gasteiger partial charge in [-0.3, -0.25) is 9.59 Å². The van der Waals surface area contributed by atoms with E-state index in [1.165, 1.54) is 17.0 Å². The fourth-order valence-corrected chi connectivity index (χ4v) is 3.12. The molecule has 21 heavy (non-hydrogen) atoms. The molecule has 2 aliphatic heterocycles. The van der Waals surface area contributed by atoms with E-state index in [9.17, 15) is 19.1 Å². The van der Waals surface area contributed by atoms with E-state index < -0.39 is 17.2 Å². The van der Waals surface area contributed by atoms with Gasteiger partial charge in [0.25, 0.3) is 5.91 Å². The van der Waals surface area contributed by atoms with Crippen molar-refractivity contribution in [3.05, 3.63) is 29.8 Å². The van der Waals surface area contributed by atoms with E-state index in [1.807, 2.05) is 0 Å². The van der Waals surface area contributed by atoms with Crippen LogP contribution in [0.2, 0.25) is 0 Å². The minimum absolute atomic E-state index is 0.122. The number of nitrogens with zero attached hydrogens (tertiary/aromatic N) is 2. The highest BCUT2D eigenvalue weighted by molar-refractivity contribution is 5.93. The van der Waals surface area contributed by atoms with Gasteiger partial charge in [0.05, 0.1) is 18.2 Å². The van der Waals surface area contributed by atoms with Gasteiger partial charge >= 0.3 is 5.97 Å². The number of carbonyl (C=O) groups is 2. The van der Waals surface area contributed by atoms with E-state index in [2.05, 4.69) is 4.98 Å². The quantitative estimate of drug-likeness (QED) is 0.872. The number of halogens is 1. The molecule has 1 aromatic heterocycles. The van der Waals surface area contributed by atoms with Gasteiger partial charge in [0.1, 0.15) is 11.5 Å². The molecule has 0 aliphatic carbocycles. The molecule has 3 rings (SSSR count). The van der Waals surface area contributed by atoms with Crippen molar-refractivity contribution in [2.24, 2.45) is 11.3 Å². The molecule has 1 aromatic rings. The number of carboxylic acid groups (broad SMARTS) is 1. The number of aliphatic carboxylic acids is 1. The fourth-order valence-electron chi connectivity index (χ4n) is 3.12. The number of ether oxygens (including phenoxy) is 1. The van der Waals surface area contributed by atoms with Crippen LogP contribution in [0.5, 0.6) is 0 Å². The Labute approximate surface area is 120 Å². The number of pyridine rings is 1. The Hall–Kier alpha value is -2.02. The average Bonchev–Trinajstić information content (AvgIpc) is 2.88. The molecule has 1 N–H and O–H groups in total. The summed E-state index contributed by atoms with van der Waals surface area (Å²) in [6.45, 7) is 1.20. The molecule has 1 amide bonds. The molecular weight excluding hydrogens is 279 g/mol. The predicted octanol–water partition coefficient (Wildman–Crippen LogP) is 0.784. The second-order valence-electron chi connectivity index (χ2n) is 5.53. The maximum atomic E-state index is 12.9. The normalized spacial score (nSPS) is 28.2. The van der Waals surface area contributed by atoms with Crippen LogP contribution < -0.4 is 0 Å². The molecule has 2 fully saturated rings. The minimum atomic E-state index is -0.937. The Morgan fingerprint density at radius 1 is 1.48 bits per heavy atom. The molecule has 0 saturated carbocycles. The summed E-state index contributed by atoms with van der Waals surface area (Å²) in [5, 5.41) is 9.55. The van der Waals surface area contributed by atoms with Crippen molar-refractivity contribution in [2.45, 2.75) is 6.42 Å². The van der Waals surface area contributed by atoms with Crippen LogP contribution in [0.15, 0.2) is 18.3 Å². The number of carbonyl (C=O) groups excluding carboxylic acids is 1.